The van der Waals surface area contributed by atoms with Gasteiger partial charge in [0.1, 0.15) is 0 Å². The van der Waals surface area contributed by atoms with Crippen molar-refractivity contribution in [3.05, 3.63) is 0 Å². The quantitative estimate of drug-likeness (QED) is 0.629. The molecule has 0 aromatic carbocycles. The van der Waals surface area contributed by atoms with Crippen molar-refractivity contribution in [2.24, 2.45) is 11.8 Å². The molecule has 0 amide bonds. The zero-order chi connectivity index (χ0) is 13.9. The van der Waals surface area contributed by atoms with Gasteiger partial charge in [-0.2, -0.15) is 15.0 Å². The summed E-state index contributed by atoms with van der Waals surface area (Å²) in [6, 6.07) is 0. The molecule has 0 atom stereocenters. The Hall–Kier alpha value is -1.63. The smallest absolute Gasteiger partial charge is 0.243 e. The zero-order valence-electron chi connectivity index (χ0n) is 12.0. The average Bonchev–Trinajstić information content (AvgIpc) is 3.02. The van der Waals surface area contributed by atoms with Gasteiger partial charge in [0.05, 0.1) is 0 Å². The minimum atomic E-state index is 0.454. The summed E-state index contributed by atoms with van der Waals surface area (Å²) < 4.78 is 0. The first-order valence-electron chi connectivity index (χ1n) is 7.49. The third kappa shape index (κ3) is 2.77. The largest absolute Gasteiger partial charge is 0.341 e. The van der Waals surface area contributed by atoms with Crippen LogP contribution >= 0.6 is 0 Å². The van der Waals surface area contributed by atoms with Gasteiger partial charge < -0.3 is 9.80 Å². The Labute approximate surface area is 119 Å². The molecular formula is C13H23N7. The fraction of sp³-hybridized carbons (Fsp3) is 0.769. The first-order chi connectivity index (χ1) is 9.76. The molecule has 0 spiro atoms. The Morgan fingerprint density at radius 2 is 1.50 bits per heavy atom. The van der Waals surface area contributed by atoms with Crippen molar-refractivity contribution in [3.8, 4) is 0 Å². The van der Waals surface area contributed by atoms with Gasteiger partial charge in [-0.25, -0.2) is 5.84 Å². The van der Waals surface area contributed by atoms with Gasteiger partial charge in [-0.3, -0.25) is 5.43 Å². The summed E-state index contributed by atoms with van der Waals surface area (Å²) in [6.07, 6.45) is 4.79. The van der Waals surface area contributed by atoms with E-state index in [2.05, 4.69) is 37.1 Å². The van der Waals surface area contributed by atoms with Gasteiger partial charge in [0, 0.05) is 26.2 Å². The molecule has 1 aromatic rings. The minimum Gasteiger partial charge on any atom is -0.341 e. The number of nitrogens with zero attached hydrogens (tertiary/aromatic N) is 5. The molecule has 2 aliphatic heterocycles. The molecule has 0 radical (unpaired) electrons. The Balaban J connectivity index is 1.83. The number of aromatic nitrogens is 3. The molecular weight excluding hydrogens is 254 g/mol. The topological polar surface area (TPSA) is 83.2 Å². The maximum atomic E-state index is 5.50. The van der Waals surface area contributed by atoms with Crippen LogP contribution in [0.4, 0.5) is 17.8 Å². The predicted octanol–water partition coefficient (Wildman–Crippen LogP) is 0.994. The fourth-order valence-electron chi connectivity index (χ4n) is 2.83. The van der Waals surface area contributed by atoms with Crippen molar-refractivity contribution in [2.75, 3.05) is 41.4 Å². The highest BCUT2D eigenvalue weighted by atomic mass is 15.4. The maximum Gasteiger partial charge on any atom is 0.243 e. The van der Waals surface area contributed by atoms with E-state index in [9.17, 15) is 0 Å². The van der Waals surface area contributed by atoms with Crippen LogP contribution in [0, 0.1) is 5.92 Å². The molecule has 3 heterocycles. The number of anilines is 3. The average molecular weight is 277 g/mol. The molecule has 2 saturated heterocycles. The number of piperidine rings is 1. The molecule has 110 valence electrons. The monoisotopic (exact) mass is 277 g/mol. The van der Waals surface area contributed by atoms with E-state index < -0.39 is 0 Å². The van der Waals surface area contributed by atoms with Crippen LogP contribution in [0.1, 0.15) is 32.6 Å². The van der Waals surface area contributed by atoms with Crippen LogP contribution in [-0.4, -0.2) is 41.1 Å². The normalized spacial score (nSPS) is 20.5. The Morgan fingerprint density at radius 3 is 2.05 bits per heavy atom. The summed E-state index contributed by atoms with van der Waals surface area (Å²) in [5, 5.41) is 0. The number of nitrogens with two attached hydrogens (primary N) is 1. The van der Waals surface area contributed by atoms with Gasteiger partial charge >= 0.3 is 0 Å². The van der Waals surface area contributed by atoms with Crippen molar-refractivity contribution in [2.45, 2.75) is 32.6 Å². The van der Waals surface area contributed by atoms with Crippen molar-refractivity contribution in [3.63, 3.8) is 0 Å². The summed E-state index contributed by atoms with van der Waals surface area (Å²) in [6.45, 7) is 6.35. The highest BCUT2D eigenvalue weighted by Gasteiger charge is 2.22. The second-order valence-corrected chi connectivity index (χ2v) is 5.77. The van der Waals surface area contributed by atoms with Gasteiger partial charge in [0.15, 0.2) is 0 Å². The number of hydrogen-bond donors (Lipinski definition) is 2. The fourth-order valence-corrected chi connectivity index (χ4v) is 2.83. The van der Waals surface area contributed by atoms with Crippen LogP contribution in [-0.2, 0) is 0 Å². The van der Waals surface area contributed by atoms with Crippen molar-refractivity contribution in [1.29, 1.82) is 0 Å². The van der Waals surface area contributed by atoms with E-state index in [0.29, 0.717) is 5.95 Å². The molecule has 20 heavy (non-hydrogen) atoms. The highest BCUT2D eigenvalue weighted by Crippen LogP contribution is 2.23. The lowest BCUT2D eigenvalue weighted by molar-refractivity contribution is 0.434. The van der Waals surface area contributed by atoms with Crippen LogP contribution in [0.5, 0.6) is 0 Å². The van der Waals surface area contributed by atoms with Gasteiger partial charge in [-0.15, -0.1) is 0 Å². The van der Waals surface area contributed by atoms with Crippen LogP contribution in [0.15, 0.2) is 0 Å². The Kier molecular flexibility index (Phi) is 3.86. The molecule has 1 aromatic heterocycles. The first-order valence-corrected chi connectivity index (χ1v) is 7.49. The third-order valence-corrected chi connectivity index (χ3v) is 4.20. The first kappa shape index (κ1) is 13.4. The van der Waals surface area contributed by atoms with Crippen LogP contribution in [0.2, 0.25) is 0 Å². The van der Waals surface area contributed by atoms with E-state index in [4.69, 9.17) is 5.84 Å². The van der Waals surface area contributed by atoms with E-state index in [-0.39, 0.29) is 0 Å². The molecule has 0 aliphatic carbocycles. The van der Waals surface area contributed by atoms with Crippen molar-refractivity contribution >= 4 is 17.8 Å². The van der Waals surface area contributed by atoms with E-state index >= 15 is 0 Å². The van der Waals surface area contributed by atoms with Gasteiger partial charge in [-0.05, 0) is 31.6 Å². The van der Waals surface area contributed by atoms with Gasteiger partial charge in [0.2, 0.25) is 17.8 Å². The van der Waals surface area contributed by atoms with E-state index in [1.165, 1.54) is 25.7 Å². The van der Waals surface area contributed by atoms with Crippen LogP contribution in [0.3, 0.4) is 0 Å². The zero-order valence-corrected chi connectivity index (χ0v) is 12.0. The standard InChI is InChI=1S/C13H23N7/c1-10-4-8-20(9-5-10)13-16-11(18-14)15-12(17-13)19-6-2-3-7-19/h10H,2-9,14H2,1H3,(H,15,16,17,18). The molecule has 2 aliphatic rings. The lowest BCUT2D eigenvalue weighted by Crippen LogP contribution is -2.35. The SMILES string of the molecule is CC1CCN(c2nc(NN)nc(N3CCCC3)n2)CC1. The van der Waals surface area contributed by atoms with Crippen molar-refractivity contribution < 1.29 is 0 Å². The number of hydrogen-bond acceptors (Lipinski definition) is 7. The summed E-state index contributed by atoms with van der Waals surface area (Å²) in [4.78, 5) is 17.9. The number of nitrogens with one attached hydrogen (secondary N) is 1. The summed E-state index contributed by atoms with van der Waals surface area (Å²) in [5.74, 6) is 8.24. The number of rotatable bonds is 3. The number of hydrazine groups is 1. The molecule has 2 fully saturated rings. The summed E-state index contributed by atoms with van der Waals surface area (Å²) in [5.41, 5.74) is 2.56. The number of nitrogen functional groups attached to an aromatic ring is 1. The minimum absolute atomic E-state index is 0.454. The Bertz CT molecular complexity index is 450. The second-order valence-electron chi connectivity index (χ2n) is 5.77. The molecule has 3 rings (SSSR count). The molecule has 7 heteroatoms. The molecule has 0 saturated carbocycles. The van der Waals surface area contributed by atoms with Gasteiger partial charge in [-0.1, -0.05) is 6.92 Å². The lowest BCUT2D eigenvalue weighted by Gasteiger charge is -2.30. The third-order valence-electron chi connectivity index (χ3n) is 4.20. The summed E-state index contributed by atoms with van der Waals surface area (Å²) in [7, 11) is 0. The Morgan fingerprint density at radius 1 is 0.950 bits per heavy atom. The maximum absolute atomic E-state index is 5.50. The van der Waals surface area contributed by atoms with Crippen LogP contribution in [0.25, 0.3) is 0 Å². The van der Waals surface area contributed by atoms with Gasteiger partial charge in [0.25, 0.3) is 0 Å². The predicted molar refractivity (Wildman–Crippen MR) is 79.7 cm³/mol. The van der Waals surface area contributed by atoms with Crippen LogP contribution < -0.4 is 21.1 Å². The highest BCUT2D eigenvalue weighted by molar-refractivity contribution is 5.45. The summed E-state index contributed by atoms with van der Waals surface area (Å²) >= 11 is 0. The van der Waals surface area contributed by atoms with Crippen molar-refractivity contribution in [1.82, 2.24) is 15.0 Å². The molecule has 3 N–H and O–H groups in total. The molecule has 0 unspecified atom stereocenters. The molecule has 0 bridgehead atoms. The van der Waals surface area contributed by atoms with E-state index in [1.807, 2.05) is 0 Å². The second kappa shape index (κ2) is 5.78. The van der Waals surface area contributed by atoms with E-state index in [0.717, 1.165) is 44.0 Å². The molecule has 7 nitrogen and oxygen atoms in total. The lowest BCUT2D eigenvalue weighted by atomic mass is 10.00. The van der Waals surface area contributed by atoms with E-state index in [1.54, 1.807) is 0 Å².